The number of carbonyl (C=O) groups is 1. The highest BCUT2D eigenvalue weighted by Crippen LogP contribution is 2.42. The van der Waals surface area contributed by atoms with Crippen LogP contribution in [0.5, 0.6) is 0 Å². The van der Waals surface area contributed by atoms with E-state index in [1.807, 2.05) is 36.4 Å². The first kappa shape index (κ1) is 18.3. The van der Waals surface area contributed by atoms with Crippen LogP contribution in [0.1, 0.15) is 31.2 Å². The fourth-order valence-corrected chi connectivity index (χ4v) is 4.45. The number of rotatable bonds is 4. The summed E-state index contributed by atoms with van der Waals surface area (Å²) in [7, 11) is 0. The Balaban J connectivity index is 1.57. The first-order valence-corrected chi connectivity index (χ1v) is 10.1. The quantitative estimate of drug-likeness (QED) is 0.835. The maximum atomic E-state index is 13.3. The van der Waals surface area contributed by atoms with Crippen LogP contribution in [-0.4, -0.2) is 32.2 Å². The third-order valence-corrected chi connectivity index (χ3v) is 5.98. The van der Waals surface area contributed by atoms with Crippen LogP contribution in [0, 0.1) is 0 Å². The van der Waals surface area contributed by atoms with Crippen LogP contribution in [0.15, 0.2) is 48.5 Å². The molecule has 1 aliphatic heterocycles. The Morgan fingerprint density at radius 2 is 1.78 bits per heavy atom. The largest absolute Gasteiger partial charge is 0.378 e. The number of morpholine rings is 1. The molecular formula is C22H25ClN2O2. The summed E-state index contributed by atoms with van der Waals surface area (Å²) in [5, 5.41) is 3.86. The number of hydrogen-bond donors (Lipinski definition) is 1. The van der Waals surface area contributed by atoms with E-state index in [1.165, 1.54) is 0 Å². The van der Waals surface area contributed by atoms with Crippen molar-refractivity contribution in [2.24, 2.45) is 0 Å². The fourth-order valence-electron chi connectivity index (χ4n) is 4.26. The molecule has 2 aromatic rings. The number of benzene rings is 2. The van der Waals surface area contributed by atoms with E-state index >= 15 is 0 Å². The molecule has 0 atom stereocenters. The second kappa shape index (κ2) is 7.91. The lowest BCUT2D eigenvalue weighted by Gasteiger charge is -2.30. The molecule has 1 saturated heterocycles. The van der Waals surface area contributed by atoms with Gasteiger partial charge in [0, 0.05) is 29.5 Å². The molecular weight excluding hydrogens is 360 g/mol. The van der Waals surface area contributed by atoms with Crippen molar-refractivity contribution in [2.75, 3.05) is 36.5 Å². The average molecular weight is 385 g/mol. The van der Waals surface area contributed by atoms with Crippen LogP contribution < -0.4 is 10.2 Å². The summed E-state index contributed by atoms with van der Waals surface area (Å²) in [5.41, 5.74) is 2.51. The maximum Gasteiger partial charge on any atom is 0.235 e. The molecule has 0 unspecified atom stereocenters. The molecule has 1 heterocycles. The van der Waals surface area contributed by atoms with E-state index in [0.717, 1.165) is 68.9 Å². The van der Waals surface area contributed by atoms with Gasteiger partial charge in [-0.05, 0) is 48.7 Å². The highest BCUT2D eigenvalue weighted by molar-refractivity contribution is 6.30. The second-order valence-corrected chi connectivity index (χ2v) is 7.84. The zero-order valence-corrected chi connectivity index (χ0v) is 16.2. The van der Waals surface area contributed by atoms with Gasteiger partial charge in [0.25, 0.3) is 0 Å². The van der Waals surface area contributed by atoms with Crippen LogP contribution in [0.4, 0.5) is 11.4 Å². The molecule has 0 bridgehead atoms. The van der Waals surface area contributed by atoms with Gasteiger partial charge >= 0.3 is 0 Å². The van der Waals surface area contributed by atoms with Crippen LogP contribution >= 0.6 is 11.6 Å². The van der Waals surface area contributed by atoms with Crippen molar-refractivity contribution >= 4 is 28.9 Å². The highest BCUT2D eigenvalue weighted by atomic mass is 35.5. The van der Waals surface area contributed by atoms with Gasteiger partial charge < -0.3 is 15.0 Å². The van der Waals surface area contributed by atoms with E-state index < -0.39 is 5.41 Å². The average Bonchev–Trinajstić information content (AvgIpc) is 3.20. The Morgan fingerprint density at radius 1 is 1.04 bits per heavy atom. The van der Waals surface area contributed by atoms with Gasteiger partial charge in [-0.2, -0.15) is 0 Å². The Labute approximate surface area is 165 Å². The van der Waals surface area contributed by atoms with Gasteiger partial charge in [-0.3, -0.25) is 4.79 Å². The minimum atomic E-state index is -0.486. The maximum absolute atomic E-state index is 13.3. The van der Waals surface area contributed by atoms with Gasteiger partial charge in [0.05, 0.1) is 18.6 Å². The molecule has 1 amide bonds. The third-order valence-electron chi connectivity index (χ3n) is 5.75. The lowest BCUT2D eigenvalue weighted by molar-refractivity contribution is -0.121. The van der Waals surface area contributed by atoms with Gasteiger partial charge in [-0.1, -0.05) is 42.6 Å². The molecule has 0 spiro atoms. The molecule has 1 saturated carbocycles. The lowest BCUT2D eigenvalue weighted by Crippen LogP contribution is -2.38. The Bertz CT molecular complexity index is 811. The summed E-state index contributed by atoms with van der Waals surface area (Å²) < 4.78 is 5.43. The van der Waals surface area contributed by atoms with E-state index in [4.69, 9.17) is 16.3 Å². The molecule has 0 radical (unpaired) electrons. The number of ether oxygens (including phenoxy) is 1. The monoisotopic (exact) mass is 384 g/mol. The van der Waals surface area contributed by atoms with E-state index in [2.05, 4.69) is 22.3 Å². The van der Waals surface area contributed by atoms with Gasteiger partial charge in [0.15, 0.2) is 0 Å². The SMILES string of the molecule is O=C(Nc1cccc(N2CCOCC2)c1)C1(c2cccc(Cl)c2)CCCC1. The molecule has 5 heteroatoms. The number of hydrogen-bond acceptors (Lipinski definition) is 3. The lowest BCUT2D eigenvalue weighted by atomic mass is 9.78. The number of carbonyl (C=O) groups excluding carboxylic acids is 1. The molecule has 1 N–H and O–H groups in total. The molecule has 4 nitrogen and oxygen atoms in total. The molecule has 142 valence electrons. The van der Waals surface area contributed by atoms with Crippen molar-refractivity contribution in [1.29, 1.82) is 0 Å². The minimum absolute atomic E-state index is 0.0707. The summed E-state index contributed by atoms with van der Waals surface area (Å²) in [6, 6.07) is 15.9. The van der Waals surface area contributed by atoms with Crippen LogP contribution in [0.2, 0.25) is 5.02 Å². The smallest absolute Gasteiger partial charge is 0.235 e. The molecule has 2 aromatic carbocycles. The van der Waals surface area contributed by atoms with Gasteiger partial charge in [0.2, 0.25) is 5.91 Å². The van der Waals surface area contributed by atoms with Crippen molar-refractivity contribution in [3.63, 3.8) is 0 Å². The summed E-state index contributed by atoms with van der Waals surface area (Å²) in [6.07, 6.45) is 3.85. The van der Waals surface area contributed by atoms with Crippen molar-refractivity contribution in [3.8, 4) is 0 Å². The number of nitrogens with one attached hydrogen (secondary N) is 1. The zero-order valence-electron chi connectivity index (χ0n) is 15.4. The van der Waals surface area contributed by atoms with Gasteiger partial charge in [0.1, 0.15) is 0 Å². The topological polar surface area (TPSA) is 41.6 Å². The second-order valence-electron chi connectivity index (χ2n) is 7.40. The fraction of sp³-hybridized carbons (Fsp3) is 0.409. The van der Waals surface area contributed by atoms with Crippen LogP contribution in [0.3, 0.4) is 0 Å². The van der Waals surface area contributed by atoms with E-state index in [0.29, 0.717) is 5.02 Å². The van der Waals surface area contributed by atoms with Crippen molar-refractivity contribution in [3.05, 3.63) is 59.1 Å². The standard InChI is InChI=1S/C22H25ClN2O2/c23-18-6-3-5-17(15-18)22(9-1-2-10-22)21(26)24-19-7-4-8-20(16-19)25-11-13-27-14-12-25/h3-8,15-16H,1-2,9-14H2,(H,24,26). The highest BCUT2D eigenvalue weighted by Gasteiger charge is 2.42. The van der Waals surface area contributed by atoms with Crippen molar-refractivity contribution in [2.45, 2.75) is 31.1 Å². The van der Waals surface area contributed by atoms with Gasteiger partial charge in [-0.15, -0.1) is 0 Å². The predicted molar refractivity (Wildman–Crippen MR) is 110 cm³/mol. The Morgan fingerprint density at radius 3 is 2.52 bits per heavy atom. The number of amides is 1. The minimum Gasteiger partial charge on any atom is -0.378 e. The van der Waals surface area contributed by atoms with Crippen LogP contribution in [-0.2, 0) is 14.9 Å². The molecule has 0 aromatic heterocycles. The summed E-state index contributed by atoms with van der Waals surface area (Å²) in [4.78, 5) is 15.6. The molecule has 4 rings (SSSR count). The number of halogens is 1. The summed E-state index contributed by atoms with van der Waals surface area (Å²) in [6.45, 7) is 3.25. The molecule has 1 aliphatic carbocycles. The normalized spacial score (nSPS) is 19.1. The predicted octanol–water partition coefficient (Wildman–Crippen LogP) is 4.63. The summed E-state index contributed by atoms with van der Waals surface area (Å²) >= 11 is 6.21. The third kappa shape index (κ3) is 3.83. The summed E-state index contributed by atoms with van der Waals surface area (Å²) in [5.74, 6) is 0.0707. The van der Waals surface area contributed by atoms with E-state index in [9.17, 15) is 4.79 Å². The Hall–Kier alpha value is -2.04. The van der Waals surface area contributed by atoms with E-state index in [-0.39, 0.29) is 5.91 Å². The zero-order chi connectivity index (χ0) is 18.7. The van der Waals surface area contributed by atoms with E-state index in [1.54, 1.807) is 0 Å². The van der Waals surface area contributed by atoms with Crippen molar-refractivity contribution in [1.82, 2.24) is 0 Å². The van der Waals surface area contributed by atoms with Crippen molar-refractivity contribution < 1.29 is 9.53 Å². The first-order valence-electron chi connectivity index (χ1n) is 9.68. The molecule has 27 heavy (non-hydrogen) atoms. The number of nitrogens with zero attached hydrogens (tertiary/aromatic N) is 1. The molecule has 2 fully saturated rings. The van der Waals surface area contributed by atoms with Crippen LogP contribution in [0.25, 0.3) is 0 Å². The Kier molecular flexibility index (Phi) is 5.37. The first-order chi connectivity index (χ1) is 13.2. The molecule has 2 aliphatic rings. The van der Waals surface area contributed by atoms with Gasteiger partial charge in [-0.25, -0.2) is 0 Å². The number of anilines is 2.